The molecule has 2 aromatic carbocycles. The molecule has 0 amide bonds. The molecule has 0 aliphatic rings. The Balaban J connectivity index is 1.61. The van der Waals surface area contributed by atoms with Gasteiger partial charge in [0.15, 0.2) is 5.69 Å². The van der Waals surface area contributed by atoms with Gasteiger partial charge in [0.2, 0.25) is 5.82 Å². The number of hydrogen-bond acceptors (Lipinski definition) is 5. The van der Waals surface area contributed by atoms with Crippen molar-refractivity contribution in [2.45, 2.75) is 13.5 Å². The van der Waals surface area contributed by atoms with Crippen molar-refractivity contribution in [3.8, 4) is 23.0 Å². The Morgan fingerprint density at radius 2 is 1.80 bits per heavy atom. The quantitative estimate of drug-likeness (QED) is 0.571. The molecule has 0 N–H and O–H groups in total. The highest BCUT2D eigenvalue weighted by atomic mass is 19.1. The van der Waals surface area contributed by atoms with Gasteiger partial charge in [-0.1, -0.05) is 40.7 Å². The highest BCUT2D eigenvalue weighted by Gasteiger charge is 2.17. The fraction of sp³-hybridized carbons (Fsp3) is 0.111. The van der Waals surface area contributed by atoms with E-state index in [9.17, 15) is 4.39 Å². The van der Waals surface area contributed by atoms with Crippen molar-refractivity contribution in [3.63, 3.8) is 0 Å². The van der Waals surface area contributed by atoms with E-state index in [0.717, 1.165) is 16.8 Å². The Bertz CT molecular complexity index is 992. The van der Waals surface area contributed by atoms with Gasteiger partial charge in [0.1, 0.15) is 5.82 Å². The average molecular weight is 335 g/mol. The number of benzene rings is 2. The summed E-state index contributed by atoms with van der Waals surface area (Å²) < 4.78 is 20.1. The van der Waals surface area contributed by atoms with E-state index in [0.29, 0.717) is 24.0 Å². The van der Waals surface area contributed by atoms with Crippen LogP contribution in [0.3, 0.4) is 0 Å². The van der Waals surface area contributed by atoms with Crippen LogP contribution in [0.5, 0.6) is 0 Å². The summed E-state index contributed by atoms with van der Waals surface area (Å²) in [6.07, 6.45) is 0. The zero-order valence-corrected chi connectivity index (χ0v) is 13.4. The van der Waals surface area contributed by atoms with Crippen LogP contribution in [-0.2, 0) is 6.54 Å². The molecule has 0 atom stereocenters. The van der Waals surface area contributed by atoms with Crippen molar-refractivity contribution >= 4 is 0 Å². The second-order valence-corrected chi connectivity index (χ2v) is 5.60. The van der Waals surface area contributed by atoms with Crippen molar-refractivity contribution in [2.75, 3.05) is 0 Å². The zero-order chi connectivity index (χ0) is 17.2. The van der Waals surface area contributed by atoms with E-state index < -0.39 is 0 Å². The van der Waals surface area contributed by atoms with Gasteiger partial charge in [-0.15, -0.1) is 5.10 Å². The van der Waals surface area contributed by atoms with Crippen LogP contribution >= 0.6 is 0 Å². The van der Waals surface area contributed by atoms with Gasteiger partial charge in [-0.25, -0.2) is 9.07 Å². The summed E-state index contributed by atoms with van der Waals surface area (Å²) in [7, 11) is 0. The van der Waals surface area contributed by atoms with Gasteiger partial charge in [0.25, 0.3) is 5.89 Å². The maximum atomic E-state index is 13.0. The molecule has 124 valence electrons. The molecule has 6 nitrogen and oxygen atoms in total. The maximum absolute atomic E-state index is 13.0. The molecule has 0 saturated heterocycles. The van der Waals surface area contributed by atoms with E-state index in [1.54, 1.807) is 16.8 Å². The van der Waals surface area contributed by atoms with Gasteiger partial charge < -0.3 is 4.52 Å². The molecule has 4 aromatic rings. The Labute approximate surface area is 142 Å². The molecular formula is C18H14FN5O. The van der Waals surface area contributed by atoms with Gasteiger partial charge in [0.05, 0.1) is 12.2 Å². The van der Waals surface area contributed by atoms with Crippen LogP contribution in [0.1, 0.15) is 11.3 Å². The Morgan fingerprint density at radius 3 is 2.56 bits per heavy atom. The van der Waals surface area contributed by atoms with E-state index in [2.05, 4.69) is 20.5 Å². The maximum Gasteiger partial charge on any atom is 0.258 e. The molecule has 0 radical (unpaired) electrons. The fourth-order valence-corrected chi connectivity index (χ4v) is 2.50. The van der Waals surface area contributed by atoms with E-state index in [1.165, 1.54) is 12.1 Å². The summed E-state index contributed by atoms with van der Waals surface area (Å²) >= 11 is 0. The number of aromatic nitrogens is 5. The summed E-state index contributed by atoms with van der Waals surface area (Å²) in [5, 5.41) is 12.3. The minimum atomic E-state index is -0.264. The predicted molar refractivity (Wildman–Crippen MR) is 89.0 cm³/mol. The molecular weight excluding hydrogens is 321 g/mol. The monoisotopic (exact) mass is 335 g/mol. The highest BCUT2D eigenvalue weighted by Crippen LogP contribution is 2.23. The lowest BCUT2D eigenvalue weighted by Crippen LogP contribution is -2.04. The number of halogens is 1. The third kappa shape index (κ3) is 3.03. The van der Waals surface area contributed by atoms with Crippen LogP contribution in [0.15, 0.2) is 59.1 Å². The lowest BCUT2D eigenvalue weighted by Gasteiger charge is -2.03. The lowest BCUT2D eigenvalue weighted by atomic mass is 10.2. The fourth-order valence-electron chi connectivity index (χ4n) is 2.50. The standard InChI is InChI=1S/C18H14FN5O/c1-12-16(17-20-18(25-22-17)14-5-3-2-4-6-14)21-23-24(12)11-13-7-9-15(19)10-8-13/h2-10H,11H2,1H3. The van der Waals surface area contributed by atoms with E-state index in [1.807, 2.05) is 37.3 Å². The number of nitrogens with zero attached hydrogens (tertiary/aromatic N) is 5. The molecule has 0 saturated carbocycles. The first kappa shape index (κ1) is 15.2. The van der Waals surface area contributed by atoms with Crippen LogP contribution < -0.4 is 0 Å². The molecule has 2 aromatic heterocycles. The molecule has 0 unspecified atom stereocenters. The molecule has 2 heterocycles. The summed E-state index contributed by atoms with van der Waals surface area (Å²) in [5.41, 5.74) is 3.15. The number of rotatable bonds is 4. The lowest BCUT2D eigenvalue weighted by molar-refractivity contribution is 0.432. The first-order chi connectivity index (χ1) is 12.2. The van der Waals surface area contributed by atoms with Crippen molar-refractivity contribution in [1.29, 1.82) is 0 Å². The third-order valence-electron chi connectivity index (χ3n) is 3.89. The second-order valence-electron chi connectivity index (χ2n) is 5.60. The molecule has 0 aliphatic heterocycles. The predicted octanol–water partition coefficient (Wildman–Crippen LogP) is 3.49. The van der Waals surface area contributed by atoms with Gasteiger partial charge in [0, 0.05) is 5.56 Å². The van der Waals surface area contributed by atoms with Crippen LogP contribution in [0.2, 0.25) is 0 Å². The molecule has 0 bridgehead atoms. The molecule has 25 heavy (non-hydrogen) atoms. The minimum Gasteiger partial charge on any atom is -0.334 e. The topological polar surface area (TPSA) is 69.6 Å². The minimum absolute atomic E-state index is 0.264. The van der Waals surface area contributed by atoms with Gasteiger partial charge >= 0.3 is 0 Å². The van der Waals surface area contributed by atoms with Crippen molar-refractivity contribution < 1.29 is 8.91 Å². The van der Waals surface area contributed by atoms with Gasteiger partial charge in [-0.05, 0) is 36.8 Å². The molecule has 4 rings (SSSR count). The van der Waals surface area contributed by atoms with Crippen molar-refractivity contribution in [2.24, 2.45) is 0 Å². The summed E-state index contributed by atoms with van der Waals surface area (Å²) in [6, 6.07) is 15.8. The first-order valence-electron chi connectivity index (χ1n) is 7.75. The van der Waals surface area contributed by atoms with Gasteiger partial charge in [-0.3, -0.25) is 0 Å². The SMILES string of the molecule is Cc1c(-c2noc(-c3ccccc3)n2)nnn1Cc1ccc(F)cc1. The van der Waals surface area contributed by atoms with Crippen LogP contribution in [-0.4, -0.2) is 25.1 Å². The first-order valence-corrected chi connectivity index (χ1v) is 7.75. The summed E-state index contributed by atoms with van der Waals surface area (Å²) in [4.78, 5) is 4.40. The summed E-state index contributed by atoms with van der Waals surface area (Å²) in [6.45, 7) is 2.37. The van der Waals surface area contributed by atoms with E-state index in [4.69, 9.17) is 4.52 Å². The van der Waals surface area contributed by atoms with Gasteiger partial charge in [-0.2, -0.15) is 4.98 Å². The second kappa shape index (κ2) is 6.27. The highest BCUT2D eigenvalue weighted by molar-refractivity contribution is 5.58. The van der Waals surface area contributed by atoms with Crippen LogP contribution in [0.4, 0.5) is 4.39 Å². The Kier molecular flexibility index (Phi) is 3.81. The molecule has 7 heteroatoms. The van der Waals surface area contributed by atoms with E-state index in [-0.39, 0.29) is 5.82 Å². The Hall–Kier alpha value is -3.35. The molecule has 0 aliphatic carbocycles. The van der Waals surface area contributed by atoms with Crippen LogP contribution in [0.25, 0.3) is 23.0 Å². The number of hydrogen-bond donors (Lipinski definition) is 0. The van der Waals surface area contributed by atoms with Crippen molar-refractivity contribution in [3.05, 3.63) is 71.7 Å². The largest absolute Gasteiger partial charge is 0.334 e. The zero-order valence-electron chi connectivity index (χ0n) is 13.4. The van der Waals surface area contributed by atoms with E-state index >= 15 is 0 Å². The smallest absolute Gasteiger partial charge is 0.258 e. The van der Waals surface area contributed by atoms with Crippen molar-refractivity contribution in [1.82, 2.24) is 25.1 Å². The molecule has 0 spiro atoms. The van der Waals surface area contributed by atoms with Crippen LogP contribution in [0, 0.1) is 12.7 Å². The average Bonchev–Trinajstić information content (AvgIpc) is 3.25. The normalized spacial score (nSPS) is 11.0. The Morgan fingerprint density at radius 1 is 1.04 bits per heavy atom. The summed E-state index contributed by atoms with van der Waals surface area (Å²) in [5.74, 6) is 0.560. The molecule has 0 fully saturated rings. The third-order valence-corrected chi connectivity index (χ3v) is 3.89.